The van der Waals surface area contributed by atoms with E-state index in [2.05, 4.69) is 5.16 Å². The van der Waals surface area contributed by atoms with Crippen molar-refractivity contribution in [2.75, 3.05) is 0 Å². The lowest BCUT2D eigenvalue weighted by Crippen LogP contribution is -2.21. The van der Waals surface area contributed by atoms with Crippen molar-refractivity contribution >= 4 is 12.2 Å². The van der Waals surface area contributed by atoms with Crippen molar-refractivity contribution in [3.63, 3.8) is 0 Å². The third-order valence-corrected chi connectivity index (χ3v) is 2.39. The number of rotatable bonds is 3. The maximum absolute atomic E-state index is 10.4. The molecule has 0 amide bonds. The largest absolute Gasteiger partial charge is 0.481 e. The molecule has 4 heteroatoms. The van der Waals surface area contributed by atoms with Crippen molar-refractivity contribution in [1.82, 2.24) is 0 Å². The Labute approximate surface area is 81.6 Å². The average molecular weight is 193 g/mol. The second-order valence-electron chi connectivity index (χ2n) is 3.38. The van der Waals surface area contributed by atoms with Gasteiger partial charge in [0.15, 0.2) is 6.10 Å². The highest BCUT2D eigenvalue weighted by molar-refractivity contribution is 5.69. The van der Waals surface area contributed by atoms with E-state index in [-0.39, 0.29) is 18.4 Å². The van der Waals surface area contributed by atoms with Crippen molar-refractivity contribution in [2.45, 2.75) is 18.9 Å². The van der Waals surface area contributed by atoms with Gasteiger partial charge in [-0.3, -0.25) is 4.79 Å². The molecule has 74 valence electrons. The fourth-order valence-corrected chi connectivity index (χ4v) is 1.66. The van der Waals surface area contributed by atoms with Crippen molar-refractivity contribution < 1.29 is 14.7 Å². The van der Waals surface area contributed by atoms with Crippen LogP contribution in [0.4, 0.5) is 0 Å². The highest BCUT2D eigenvalue weighted by Crippen LogP contribution is 2.28. The number of nitrogens with zero attached hydrogens (tertiary/aromatic N) is 1. The van der Waals surface area contributed by atoms with Crippen LogP contribution in [0, 0.1) is 5.92 Å². The number of carbonyl (C=O) groups is 1. The van der Waals surface area contributed by atoms with Gasteiger partial charge in [-0.1, -0.05) is 23.4 Å². The van der Waals surface area contributed by atoms with Gasteiger partial charge in [0.1, 0.15) is 0 Å². The van der Waals surface area contributed by atoms with E-state index in [1.165, 1.54) is 0 Å². The first-order valence-electron chi connectivity index (χ1n) is 4.56. The fraction of sp³-hybridized carbons (Fsp3) is 0.400. The van der Waals surface area contributed by atoms with Gasteiger partial charge >= 0.3 is 5.97 Å². The molecule has 0 aromatic carbocycles. The van der Waals surface area contributed by atoms with E-state index in [9.17, 15) is 4.79 Å². The zero-order valence-corrected chi connectivity index (χ0v) is 7.59. The Kier molecular flexibility index (Phi) is 2.35. The summed E-state index contributed by atoms with van der Waals surface area (Å²) in [6.45, 7) is 0. The van der Waals surface area contributed by atoms with Crippen LogP contribution < -0.4 is 0 Å². The topological polar surface area (TPSA) is 58.9 Å². The number of hydrogen-bond acceptors (Lipinski definition) is 3. The second-order valence-corrected chi connectivity index (χ2v) is 3.38. The Bertz CT molecular complexity index is 330. The van der Waals surface area contributed by atoms with E-state index in [1.54, 1.807) is 6.21 Å². The maximum atomic E-state index is 10.4. The SMILES string of the molecule is O=C(O)CCC1=CC=CC2C=NOC12. The van der Waals surface area contributed by atoms with Crippen molar-refractivity contribution in [1.29, 1.82) is 0 Å². The molecule has 14 heavy (non-hydrogen) atoms. The van der Waals surface area contributed by atoms with E-state index in [0.717, 1.165) is 5.57 Å². The van der Waals surface area contributed by atoms with Crippen molar-refractivity contribution in [3.8, 4) is 0 Å². The number of carboxylic acids is 1. The van der Waals surface area contributed by atoms with Crippen LogP contribution in [0.1, 0.15) is 12.8 Å². The molecule has 1 heterocycles. The molecule has 2 unspecified atom stereocenters. The minimum Gasteiger partial charge on any atom is -0.481 e. The summed E-state index contributed by atoms with van der Waals surface area (Å²) in [5.74, 6) is -0.597. The highest BCUT2D eigenvalue weighted by atomic mass is 16.6. The number of hydrogen-bond donors (Lipinski definition) is 1. The van der Waals surface area contributed by atoms with Crippen molar-refractivity contribution in [3.05, 3.63) is 23.8 Å². The molecule has 2 aliphatic rings. The molecule has 2 rings (SSSR count). The first kappa shape index (κ1) is 8.99. The molecule has 0 saturated carbocycles. The zero-order valence-electron chi connectivity index (χ0n) is 7.59. The van der Waals surface area contributed by atoms with Gasteiger partial charge in [-0.05, 0) is 12.0 Å². The molecule has 0 saturated heterocycles. The summed E-state index contributed by atoms with van der Waals surface area (Å²) < 4.78 is 0. The number of aliphatic carboxylic acids is 1. The first-order valence-corrected chi connectivity index (χ1v) is 4.56. The van der Waals surface area contributed by atoms with Crippen LogP contribution in [0.5, 0.6) is 0 Å². The Morgan fingerprint density at radius 2 is 2.50 bits per heavy atom. The summed E-state index contributed by atoms with van der Waals surface area (Å²) in [4.78, 5) is 15.6. The standard InChI is InChI=1S/C10H11NO3/c12-9(13)5-4-7-2-1-3-8-6-11-14-10(7)8/h1-3,6,8,10H,4-5H2,(H,12,13). The Balaban J connectivity index is 2.01. The summed E-state index contributed by atoms with van der Waals surface area (Å²) >= 11 is 0. The van der Waals surface area contributed by atoms with Crippen LogP contribution >= 0.6 is 0 Å². The zero-order chi connectivity index (χ0) is 9.97. The van der Waals surface area contributed by atoms with Crippen molar-refractivity contribution in [2.24, 2.45) is 11.1 Å². The lowest BCUT2D eigenvalue weighted by atomic mass is 9.90. The predicted octanol–water partition coefficient (Wildman–Crippen LogP) is 1.35. The summed E-state index contributed by atoms with van der Waals surface area (Å²) in [7, 11) is 0. The van der Waals surface area contributed by atoms with Gasteiger partial charge in [-0.15, -0.1) is 0 Å². The molecule has 4 nitrogen and oxygen atoms in total. The smallest absolute Gasteiger partial charge is 0.303 e. The van der Waals surface area contributed by atoms with Gasteiger partial charge in [0, 0.05) is 6.42 Å². The van der Waals surface area contributed by atoms with E-state index in [1.807, 2.05) is 18.2 Å². The molecule has 0 spiro atoms. The Morgan fingerprint density at radius 3 is 3.29 bits per heavy atom. The van der Waals surface area contributed by atoms with Gasteiger partial charge in [0.05, 0.1) is 12.1 Å². The monoisotopic (exact) mass is 193 g/mol. The fourth-order valence-electron chi connectivity index (χ4n) is 1.66. The third kappa shape index (κ3) is 1.69. The number of allylic oxidation sites excluding steroid dienone is 2. The summed E-state index contributed by atoms with van der Waals surface area (Å²) in [5.41, 5.74) is 1.01. The maximum Gasteiger partial charge on any atom is 0.303 e. The van der Waals surface area contributed by atoms with Crippen LogP contribution in [-0.4, -0.2) is 23.4 Å². The molecule has 0 bridgehead atoms. The first-order chi connectivity index (χ1) is 6.77. The number of fused-ring (bicyclic) bond motifs is 1. The van der Waals surface area contributed by atoms with Crippen LogP contribution in [-0.2, 0) is 9.63 Å². The summed E-state index contributed by atoms with van der Waals surface area (Å²) in [5, 5.41) is 12.3. The van der Waals surface area contributed by atoms with Gasteiger partial charge in [0.25, 0.3) is 0 Å². The summed E-state index contributed by atoms with van der Waals surface area (Å²) in [6, 6.07) is 0. The molecule has 1 aliphatic carbocycles. The molecule has 1 N–H and O–H groups in total. The number of carboxylic acid groups (broad SMARTS) is 1. The Morgan fingerprint density at radius 1 is 1.64 bits per heavy atom. The Hall–Kier alpha value is -1.58. The minimum atomic E-state index is -0.782. The average Bonchev–Trinajstić information content (AvgIpc) is 2.62. The minimum absolute atomic E-state index is 0.0700. The molecule has 0 aromatic rings. The van der Waals surface area contributed by atoms with E-state index >= 15 is 0 Å². The quantitative estimate of drug-likeness (QED) is 0.735. The van der Waals surface area contributed by atoms with E-state index < -0.39 is 5.97 Å². The summed E-state index contributed by atoms with van der Waals surface area (Å²) in [6.07, 6.45) is 8.20. The van der Waals surface area contributed by atoms with Gasteiger partial charge in [-0.2, -0.15) is 0 Å². The predicted molar refractivity (Wildman–Crippen MR) is 50.9 cm³/mol. The molecule has 0 aromatic heterocycles. The number of oxime groups is 1. The molecule has 0 radical (unpaired) electrons. The molecule has 2 atom stereocenters. The molecule has 1 aliphatic heterocycles. The van der Waals surface area contributed by atoms with Crippen LogP contribution in [0.15, 0.2) is 29.0 Å². The van der Waals surface area contributed by atoms with Crippen LogP contribution in [0.3, 0.4) is 0 Å². The molecular weight excluding hydrogens is 182 g/mol. The van der Waals surface area contributed by atoms with E-state index in [4.69, 9.17) is 9.94 Å². The highest BCUT2D eigenvalue weighted by Gasteiger charge is 2.29. The van der Waals surface area contributed by atoms with Gasteiger partial charge < -0.3 is 9.94 Å². The second kappa shape index (κ2) is 3.65. The lowest BCUT2D eigenvalue weighted by molar-refractivity contribution is -0.137. The van der Waals surface area contributed by atoms with Gasteiger partial charge in [0.2, 0.25) is 0 Å². The van der Waals surface area contributed by atoms with Crippen LogP contribution in [0.2, 0.25) is 0 Å². The third-order valence-electron chi connectivity index (χ3n) is 2.39. The normalized spacial score (nSPS) is 28.1. The van der Waals surface area contributed by atoms with Crippen LogP contribution in [0.25, 0.3) is 0 Å². The lowest BCUT2D eigenvalue weighted by Gasteiger charge is -2.19. The van der Waals surface area contributed by atoms with E-state index in [0.29, 0.717) is 6.42 Å². The van der Waals surface area contributed by atoms with Gasteiger partial charge in [-0.25, -0.2) is 0 Å². The molecular formula is C10H11NO3. The molecule has 0 fully saturated rings.